The Kier molecular flexibility index (Phi) is 5.69. The third-order valence-corrected chi connectivity index (χ3v) is 4.63. The minimum atomic E-state index is -0.187. The van der Waals surface area contributed by atoms with Gasteiger partial charge in [-0.15, -0.1) is 11.3 Å². The molecule has 1 heterocycles. The number of amides is 1. The molecule has 0 aliphatic rings. The summed E-state index contributed by atoms with van der Waals surface area (Å²) in [6, 6.07) is 21.0. The molecule has 0 saturated heterocycles. The Morgan fingerprint density at radius 1 is 1.00 bits per heavy atom. The molecular formula is C20H19NO3S. The van der Waals surface area contributed by atoms with Crippen LogP contribution in [0, 0.1) is 0 Å². The van der Waals surface area contributed by atoms with E-state index >= 15 is 0 Å². The summed E-state index contributed by atoms with van der Waals surface area (Å²) < 4.78 is 10.8. The number of carbonyl (C=O) groups excluding carboxylic acids is 1. The summed E-state index contributed by atoms with van der Waals surface area (Å²) in [5.41, 5.74) is 1.04. The maximum Gasteiger partial charge on any atom is 0.258 e. The number of benzene rings is 2. The Balaban J connectivity index is 1.69. The van der Waals surface area contributed by atoms with Gasteiger partial charge in [0.05, 0.1) is 13.2 Å². The lowest BCUT2D eigenvalue weighted by Crippen LogP contribution is -2.32. The van der Waals surface area contributed by atoms with Gasteiger partial charge in [0.25, 0.3) is 5.91 Å². The number of hydrogen-bond acceptors (Lipinski definition) is 4. The first-order chi connectivity index (χ1) is 12.3. The van der Waals surface area contributed by atoms with Gasteiger partial charge in [0, 0.05) is 4.88 Å². The number of carbonyl (C=O) groups is 1. The molecule has 1 aromatic heterocycles. The van der Waals surface area contributed by atoms with Crippen molar-refractivity contribution in [1.82, 2.24) is 5.32 Å². The van der Waals surface area contributed by atoms with E-state index in [1.54, 1.807) is 30.6 Å². The Bertz CT molecular complexity index is 803. The third kappa shape index (κ3) is 4.39. The van der Waals surface area contributed by atoms with Crippen molar-refractivity contribution in [2.75, 3.05) is 13.7 Å². The molecule has 3 aromatic rings. The van der Waals surface area contributed by atoms with E-state index in [1.165, 1.54) is 0 Å². The van der Waals surface area contributed by atoms with E-state index in [9.17, 15) is 4.79 Å². The van der Waals surface area contributed by atoms with Gasteiger partial charge in [-0.3, -0.25) is 4.79 Å². The van der Waals surface area contributed by atoms with Crippen molar-refractivity contribution < 1.29 is 14.3 Å². The molecule has 4 nitrogen and oxygen atoms in total. The molecular weight excluding hydrogens is 334 g/mol. The lowest BCUT2D eigenvalue weighted by molar-refractivity contribution is -0.123. The van der Waals surface area contributed by atoms with Gasteiger partial charge in [-0.1, -0.05) is 48.5 Å². The summed E-state index contributed by atoms with van der Waals surface area (Å²) in [5, 5.41) is 5.05. The molecule has 0 aliphatic heterocycles. The molecule has 128 valence electrons. The van der Waals surface area contributed by atoms with Crippen molar-refractivity contribution in [3.63, 3.8) is 0 Å². The molecule has 0 fully saturated rings. The van der Waals surface area contributed by atoms with Crippen LogP contribution < -0.4 is 14.8 Å². The first-order valence-electron chi connectivity index (χ1n) is 7.91. The smallest absolute Gasteiger partial charge is 0.258 e. The zero-order chi connectivity index (χ0) is 17.5. The van der Waals surface area contributed by atoms with E-state index in [0.717, 1.165) is 10.4 Å². The van der Waals surface area contributed by atoms with Crippen LogP contribution in [0.2, 0.25) is 0 Å². The maximum atomic E-state index is 12.4. The third-order valence-electron chi connectivity index (χ3n) is 3.69. The molecule has 0 radical (unpaired) electrons. The molecule has 0 spiro atoms. The van der Waals surface area contributed by atoms with Crippen LogP contribution in [-0.2, 0) is 4.79 Å². The molecule has 5 heteroatoms. The zero-order valence-electron chi connectivity index (χ0n) is 13.8. The molecule has 0 bridgehead atoms. The van der Waals surface area contributed by atoms with Crippen LogP contribution in [0.1, 0.15) is 16.5 Å². The normalized spacial score (nSPS) is 11.6. The molecule has 1 atom stereocenters. The zero-order valence-corrected chi connectivity index (χ0v) is 14.7. The summed E-state index contributed by atoms with van der Waals surface area (Å²) in [6.45, 7) is -0.0743. The molecule has 0 aliphatic carbocycles. The van der Waals surface area contributed by atoms with Crippen molar-refractivity contribution in [1.29, 1.82) is 0 Å². The molecule has 1 N–H and O–H groups in total. The fraction of sp³-hybridized carbons (Fsp3) is 0.150. The minimum Gasteiger partial charge on any atom is -0.493 e. The van der Waals surface area contributed by atoms with Crippen molar-refractivity contribution in [3.05, 3.63) is 82.6 Å². The lowest BCUT2D eigenvalue weighted by Gasteiger charge is -2.18. The average molecular weight is 353 g/mol. The van der Waals surface area contributed by atoms with Gasteiger partial charge in [-0.05, 0) is 29.1 Å². The first kappa shape index (κ1) is 17.0. The molecule has 25 heavy (non-hydrogen) atoms. The Morgan fingerprint density at radius 2 is 1.72 bits per heavy atom. The topological polar surface area (TPSA) is 47.6 Å². The van der Waals surface area contributed by atoms with Gasteiger partial charge in [0.2, 0.25) is 0 Å². The summed E-state index contributed by atoms with van der Waals surface area (Å²) in [6.07, 6.45) is 0. The number of para-hydroxylation sites is 2. The highest BCUT2D eigenvalue weighted by atomic mass is 32.1. The van der Waals surface area contributed by atoms with Gasteiger partial charge < -0.3 is 14.8 Å². The van der Waals surface area contributed by atoms with Gasteiger partial charge in [0.1, 0.15) is 0 Å². The summed E-state index contributed by atoms with van der Waals surface area (Å²) >= 11 is 1.61. The number of hydrogen-bond donors (Lipinski definition) is 1. The predicted molar refractivity (Wildman–Crippen MR) is 99.2 cm³/mol. The van der Waals surface area contributed by atoms with Gasteiger partial charge in [0.15, 0.2) is 18.1 Å². The standard InChI is InChI=1S/C20H19NO3S/c1-23-16-10-5-6-11-17(16)24-14-19(22)21-20(18-12-7-13-25-18)15-8-3-2-4-9-15/h2-13,20H,14H2,1H3,(H,21,22)/t20-/m1/s1. The van der Waals surface area contributed by atoms with E-state index in [-0.39, 0.29) is 18.6 Å². The predicted octanol–water partition coefficient (Wildman–Crippen LogP) is 4.04. The Morgan fingerprint density at radius 3 is 2.40 bits per heavy atom. The van der Waals surface area contributed by atoms with E-state index in [2.05, 4.69) is 5.32 Å². The van der Waals surface area contributed by atoms with Crippen LogP contribution in [0.5, 0.6) is 11.5 Å². The fourth-order valence-electron chi connectivity index (χ4n) is 2.50. The quantitative estimate of drug-likeness (QED) is 0.697. The second-order valence-corrected chi connectivity index (χ2v) is 6.35. The second kappa shape index (κ2) is 8.35. The van der Waals surface area contributed by atoms with E-state index in [0.29, 0.717) is 11.5 Å². The summed E-state index contributed by atoms with van der Waals surface area (Å²) in [5.74, 6) is 0.967. The van der Waals surface area contributed by atoms with Gasteiger partial charge in [-0.2, -0.15) is 0 Å². The highest BCUT2D eigenvalue weighted by molar-refractivity contribution is 7.10. The van der Waals surface area contributed by atoms with Crippen molar-refractivity contribution in [2.45, 2.75) is 6.04 Å². The highest BCUT2D eigenvalue weighted by Gasteiger charge is 2.18. The summed E-state index contributed by atoms with van der Waals surface area (Å²) in [7, 11) is 1.57. The average Bonchev–Trinajstić information content (AvgIpc) is 3.20. The van der Waals surface area contributed by atoms with Crippen LogP contribution in [-0.4, -0.2) is 19.6 Å². The molecule has 0 unspecified atom stereocenters. The molecule has 2 aromatic carbocycles. The largest absolute Gasteiger partial charge is 0.493 e. The van der Waals surface area contributed by atoms with Crippen molar-refractivity contribution in [2.24, 2.45) is 0 Å². The van der Waals surface area contributed by atoms with Crippen LogP contribution in [0.15, 0.2) is 72.1 Å². The number of nitrogens with one attached hydrogen (secondary N) is 1. The molecule has 3 rings (SSSR count). The SMILES string of the molecule is COc1ccccc1OCC(=O)N[C@H](c1ccccc1)c1cccs1. The van der Waals surface area contributed by atoms with Crippen LogP contribution in [0.3, 0.4) is 0 Å². The Hall–Kier alpha value is -2.79. The Labute approximate surface area is 151 Å². The van der Waals surface area contributed by atoms with Gasteiger partial charge >= 0.3 is 0 Å². The molecule has 0 saturated carbocycles. The highest BCUT2D eigenvalue weighted by Crippen LogP contribution is 2.27. The number of methoxy groups -OCH3 is 1. The van der Waals surface area contributed by atoms with Crippen molar-refractivity contribution in [3.8, 4) is 11.5 Å². The molecule has 1 amide bonds. The van der Waals surface area contributed by atoms with E-state index in [4.69, 9.17) is 9.47 Å². The maximum absolute atomic E-state index is 12.4. The second-order valence-electron chi connectivity index (χ2n) is 5.37. The van der Waals surface area contributed by atoms with Crippen LogP contribution in [0.25, 0.3) is 0 Å². The fourth-order valence-corrected chi connectivity index (χ4v) is 3.31. The monoisotopic (exact) mass is 353 g/mol. The summed E-state index contributed by atoms with van der Waals surface area (Å²) in [4.78, 5) is 13.5. The van der Waals surface area contributed by atoms with E-state index in [1.807, 2.05) is 60.0 Å². The van der Waals surface area contributed by atoms with E-state index < -0.39 is 0 Å². The number of rotatable bonds is 7. The first-order valence-corrected chi connectivity index (χ1v) is 8.79. The minimum absolute atomic E-state index is 0.0743. The number of ether oxygens (including phenoxy) is 2. The van der Waals surface area contributed by atoms with Crippen LogP contribution >= 0.6 is 11.3 Å². The lowest BCUT2D eigenvalue weighted by atomic mass is 10.1. The number of thiophene rings is 1. The van der Waals surface area contributed by atoms with Gasteiger partial charge in [-0.25, -0.2) is 0 Å². The van der Waals surface area contributed by atoms with Crippen LogP contribution in [0.4, 0.5) is 0 Å². The van der Waals surface area contributed by atoms with Crippen molar-refractivity contribution >= 4 is 17.2 Å².